The minimum atomic E-state index is -0.212. The molecule has 2 aromatic carbocycles. The molecule has 0 unspecified atom stereocenters. The first-order chi connectivity index (χ1) is 12.3. The molecule has 0 aliphatic carbocycles. The fraction of sp³-hybridized carbons (Fsp3) is 0.0952. The van der Waals surface area contributed by atoms with Crippen molar-refractivity contribution in [1.29, 1.82) is 0 Å². The number of rotatable bonds is 6. The number of ether oxygens (including phenoxy) is 1. The standard InChI is InChI=1S/C21H19NO3/c1-2-24-18-11-6-10-17(14-18)22-21(23)20(15-19-12-7-13-25-19)16-8-4-3-5-9-16/h3-15H,2H2,1H3,(H,22,23)/b20-15+. The molecule has 0 radical (unpaired) electrons. The number of benzene rings is 2. The summed E-state index contributed by atoms with van der Waals surface area (Å²) >= 11 is 0. The van der Waals surface area contributed by atoms with E-state index in [1.807, 2.05) is 61.5 Å². The molecule has 0 saturated carbocycles. The monoisotopic (exact) mass is 333 g/mol. The van der Waals surface area contributed by atoms with Crippen LogP contribution in [0.3, 0.4) is 0 Å². The van der Waals surface area contributed by atoms with E-state index in [0.29, 0.717) is 23.6 Å². The van der Waals surface area contributed by atoms with Crippen LogP contribution in [0, 0.1) is 0 Å². The molecule has 3 aromatic rings. The fourth-order valence-corrected chi connectivity index (χ4v) is 2.44. The minimum absolute atomic E-state index is 0.212. The van der Waals surface area contributed by atoms with E-state index in [1.165, 1.54) is 0 Å². The maximum absolute atomic E-state index is 12.8. The molecule has 1 amide bonds. The van der Waals surface area contributed by atoms with Gasteiger partial charge in [-0.2, -0.15) is 0 Å². The molecule has 0 aliphatic heterocycles. The number of hydrogen-bond donors (Lipinski definition) is 1. The molecule has 0 aliphatic rings. The van der Waals surface area contributed by atoms with Gasteiger partial charge in [-0.3, -0.25) is 4.79 Å². The second-order valence-electron chi connectivity index (χ2n) is 5.35. The number of amides is 1. The topological polar surface area (TPSA) is 51.5 Å². The third-order valence-corrected chi connectivity index (χ3v) is 3.56. The summed E-state index contributed by atoms with van der Waals surface area (Å²) in [6.45, 7) is 2.50. The normalized spacial score (nSPS) is 11.2. The smallest absolute Gasteiger partial charge is 0.256 e. The Hall–Kier alpha value is -3.27. The lowest BCUT2D eigenvalue weighted by molar-refractivity contribution is -0.111. The molecule has 3 rings (SSSR count). The van der Waals surface area contributed by atoms with Crippen LogP contribution < -0.4 is 10.1 Å². The molecule has 4 nitrogen and oxygen atoms in total. The van der Waals surface area contributed by atoms with Gasteiger partial charge in [-0.05, 0) is 42.8 Å². The van der Waals surface area contributed by atoms with Crippen LogP contribution in [0.2, 0.25) is 0 Å². The number of hydrogen-bond acceptors (Lipinski definition) is 3. The van der Waals surface area contributed by atoms with Crippen molar-refractivity contribution < 1.29 is 13.9 Å². The van der Waals surface area contributed by atoms with Crippen molar-refractivity contribution in [2.24, 2.45) is 0 Å². The zero-order valence-electron chi connectivity index (χ0n) is 13.9. The number of nitrogens with one attached hydrogen (secondary N) is 1. The molecule has 25 heavy (non-hydrogen) atoms. The van der Waals surface area contributed by atoms with E-state index < -0.39 is 0 Å². The lowest BCUT2D eigenvalue weighted by Crippen LogP contribution is -2.13. The summed E-state index contributed by atoms with van der Waals surface area (Å²) < 4.78 is 10.8. The average molecular weight is 333 g/mol. The Kier molecular flexibility index (Phi) is 5.32. The Morgan fingerprint density at radius 1 is 1.08 bits per heavy atom. The van der Waals surface area contributed by atoms with E-state index in [9.17, 15) is 4.79 Å². The van der Waals surface area contributed by atoms with Gasteiger partial charge >= 0.3 is 0 Å². The number of anilines is 1. The van der Waals surface area contributed by atoms with Crippen LogP contribution in [0.5, 0.6) is 5.75 Å². The number of carbonyl (C=O) groups excluding carboxylic acids is 1. The molecular weight excluding hydrogens is 314 g/mol. The first kappa shape index (κ1) is 16.6. The van der Waals surface area contributed by atoms with Crippen molar-refractivity contribution in [3.8, 4) is 5.75 Å². The molecule has 126 valence electrons. The molecule has 0 saturated heterocycles. The summed E-state index contributed by atoms with van der Waals surface area (Å²) in [5.41, 5.74) is 2.02. The molecule has 1 aromatic heterocycles. The highest BCUT2D eigenvalue weighted by atomic mass is 16.5. The first-order valence-electron chi connectivity index (χ1n) is 8.11. The molecular formula is C21H19NO3. The minimum Gasteiger partial charge on any atom is -0.494 e. The van der Waals surface area contributed by atoms with Gasteiger partial charge in [0.15, 0.2) is 0 Å². The van der Waals surface area contributed by atoms with E-state index in [0.717, 1.165) is 11.3 Å². The van der Waals surface area contributed by atoms with Crippen LogP contribution in [0.25, 0.3) is 11.6 Å². The zero-order valence-corrected chi connectivity index (χ0v) is 13.9. The summed E-state index contributed by atoms with van der Waals surface area (Å²) in [5, 5.41) is 2.92. The highest BCUT2D eigenvalue weighted by Gasteiger charge is 2.13. The van der Waals surface area contributed by atoms with E-state index in [2.05, 4.69) is 5.32 Å². The number of furan rings is 1. The van der Waals surface area contributed by atoms with Gasteiger partial charge in [-0.15, -0.1) is 0 Å². The molecule has 1 heterocycles. The summed E-state index contributed by atoms with van der Waals surface area (Å²) in [6, 6.07) is 20.4. The van der Waals surface area contributed by atoms with E-state index in [1.54, 1.807) is 24.5 Å². The third-order valence-electron chi connectivity index (χ3n) is 3.56. The molecule has 0 spiro atoms. The Morgan fingerprint density at radius 3 is 2.64 bits per heavy atom. The van der Waals surface area contributed by atoms with Crippen molar-refractivity contribution in [3.05, 3.63) is 84.3 Å². The maximum atomic E-state index is 12.8. The molecule has 0 bridgehead atoms. The van der Waals surface area contributed by atoms with Gasteiger partial charge in [0.1, 0.15) is 11.5 Å². The van der Waals surface area contributed by atoms with Gasteiger partial charge in [0.25, 0.3) is 5.91 Å². The lowest BCUT2D eigenvalue weighted by Gasteiger charge is -2.10. The maximum Gasteiger partial charge on any atom is 0.256 e. The van der Waals surface area contributed by atoms with Crippen LogP contribution >= 0.6 is 0 Å². The highest BCUT2D eigenvalue weighted by molar-refractivity contribution is 6.29. The van der Waals surface area contributed by atoms with E-state index in [4.69, 9.17) is 9.15 Å². The van der Waals surface area contributed by atoms with Gasteiger partial charge in [0.2, 0.25) is 0 Å². The Bertz CT molecular complexity index is 852. The van der Waals surface area contributed by atoms with Gasteiger partial charge in [0, 0.05) is 11.8 Å². The second kappa shape index (κ2) is 8.02. The predicted octanol–water partition coefficient (Wildman–Crippen LogP) is 4.86. The summed E-state index contributed by atoms with van der Waals surface area (Å²) in [4.78, 5) is 12.8. The van der Waals surface area contributed by atoms with Crippen molar-refractivity contribution in [3.63, 3.8) is 0 Å². The summed E-state index contributed by atoms with van der Waals surface area (Å²) in [6.07, 6.45) is 3.31. The molecule has 4 heteroatoms. The average Bonchev–Trinajstić information content (AvgIpc) is 3.14. The van der Waals surface area contributed by atoms with Crippen LogP contribution in [-0.4, -0.2) is 12.5 Å². The van der Waals surface area contributed by atoms with Gasteiger partial charge in [-0.1, -0.05) is 36.4 Å². The van der Waals surface area contributed by atoms with Crippen LogP contribution in [0.15, 0.2) is 77.4 Å². The van der Waals surface area contributed by atoms with Crippen LogP contribution in [0.4, 0.5) is 5.69 Å². The van der Waals surface area contributed by atoms with Crippen molar-refractivity contribution in [2.45, 2.75) is 6.92 Å². The lowest BCUT2D eigenvalue weighted by atomic mass is 10.0. The second-order valence-corrected chi connectivity index (χ2v) is 5.35. The largest absolute Gasteiger partial charge is 0.494 e. The van der Waals surface area contributed by atoms with Gasteiger partial charge in [-0.25, -0.2) is 0 Å². The zero-order chi connectivity index (χ0) is 17.5. The molecule has 0 fully saturated rings. The summed E-state index contributed by atoms with van der Waals surface area (Å²) in [7, 11) is 0. The Morgan fingerprint density at radius 2 is 1.92 bits per heavy atom. The van der Waals surface area contributed by atoms with Crippen LogP contribution in [0.1, 0.15) is 18.2 Å². The molecule has 1 N–H and O–H groups in total. The van der Waals surface area contributed by atoms with Gasteiger partial charge in [0.05, 0.1) is 18.4 Å². The van der Waals surface area contributed by atoms with E-state index >= 15 is 0 Å². The summed E-state index contributed by atoms with van der Waals surface area (Å²) in [5.74, 6) is 1.13. The Labute approximate surface area is 146 Å². The SMILES string of the molecule is CCOc1cccc(NC(=O)/C(=C/c2ccco2)c2ccccc2)c1. The quantitative estimate of drug-likeness (QED) is 0.656. The van der Waals surface area contributed by atoms with Crippen LogP contribution in [-0.2, 0) is 4.79 Å². The fourth-order valence-electron chi connectivity index (χ4n) is 2.44. The van der Waals surface area contributed by atoms with Gasteiger partial charge < -0.3 is 14.5 Å². The Balaban J connectivity index is 1.88. The molecule has 0 atom stereocenters. The first-order valence-corrected chi connectivity index (χ1v) is 8.11. The number of carbonyl (C=O) groups is 1. The predicted molar refractivity (Wildman–Crippen MR) is 99.3 cm³/mol. The highest BCUT2D eigenvalue weighted by Crippen LogP contribution is 2.23. The van der Waals surface area contributed by atoms with Crippen molar-refractivity contribution in [2.75, 3.05) is 11.9 Å². The van der Waals surface area contributed by atoms with E-state index in [-0.39, 0.29) is 5.91 Å². The van der Waals surface area contributed by atoms with Crippen molar-refractivity contribution >= 4 is 23.2 Å². The van der Waals surface area contributed by atoms with Crippen molar-refractivity contribution in [1.82, 2.24) is 0 Å². The third kappa shape index (κ3) is 4.38.